The van der Waals surface area contributed by atoms with Crippen molar-refractivity contribution in [2.24, 2.45) is 0 Å². The number of aliphatic hydroxyl groups excluding tert-OH is 1. The van der Waals surface area contributed by atoms with E-state index < -0.39 is 0 Å². The number of pyridine rings is 1. The van der Waals surface area contributed by atoms with Gasteiger partial charge in [0, 0.05) is 25.5 Å². The molecule has 78 valence electrons. The van der Waals surface area contributed by atoms with Crippen molar-refractivity contribution in [3.05, 3.63) is 29.6 Å². The summed E-state index contributed by atoms with van der Waals surface area (Å²) in [5.74, 6) is 0. The lowest BCUT2D eigenvalue weighted by Crippen LogP contribution is -2.15. The second kappa shape index (κ2) is 6.51. The van der Waals surface area contributed by atoms with Gasteiger partial charge in [0.2, 0.25) is 0 Å². The second-order valence-corrected chi connectivity index (χ2v) is 3.48. The largest absolute Gasteiger partial charge is 0.396 e. The zero-order chi connectivity index (χ0) is 10.2. The predicted octanol–water partition coefficient (Wildman–Crippen LogP) is 1.25. The zero-order valence-electron chi connectivity index (χ0n) is 8.66. The van der Waals surface area contributed by atoms with Crippen LogP contribution in [-0.4, -0.2) is 23.2 Å². The van der Waals surface area contributed by atoms with Crippen molar-refractivity contribution < 1.29 is 5.11 Å². The highest BCUT2D eigenvalue weighted by Gasteiger charge is 1.93. The molecule has 3 nitrogen and oxygen atoms in total. The Bertz CT molecular complexity index is 263. The van der Waals surface area contributed by atoms with E-state index in [1.54, 1.807) is 0 Å². The molecule has 0 unspecified atom stereocenters. The third-order valence-corrected chi connectivity index (χ3v) is 2.02. The summed E-state index contributed by atoms with van der Waals surface area (Å²) in [5.41, 5.74) is 2.41. The van der Waals surface area contributed by atoms with Crippen LogP contribution in [0.3, 0.4) is 0 Å². The SMILES string of the molecule is Cc1cncc(CNCCCCO)c1. The van der Waals surface area contributed by atoms with Gasteiger partial charge >= 0.3 is 0 Å². The normalized spacial score (nSPS) is 10.4. The topological polar surface area (TPSA) is 45.2 Å². The Kier molecular flexibility index (Phi) is 5.19. The summed E-state index contributed by atoms with van der Waals surface area (Å²) in [4.78, 5) is 4.12. The van der Waals surface area contributed by atoms with E-state index in [-0.39, 0.29) is 6.61 Å². The molecule has 1 aromatic rings. The van der Waals surface area contributed by atoms with E-state index in [2.05, 4.69) is 16.4 Å². The molecule has 2 N–H and O–H groups in total. The van der Waals surface area contributed by atoms with E-state index in [0.717, 1.165) is 25.9 Å². The third-order valence-electron chi connectivity index (χ3n) is 2.02. The minimum atomic E-state index is 0.285. The summed E-state index contributed by atoms with van der Waals surface area (Å²) in [6, 6.07) is 2.13. The average Bonchev–Trinajstić information content (AvgIpc) is 2.18. The number of nitrogens with zero attached hydrogens (tertiary/aromatic N) is 1. The second-order valence-electron chi connectivity index (χ2n) is 3.48. The van der Waals surface area contributed by atoms with Crippen molar-refractivity contribution in [2.45, 2.75) is 26.3 Å². The van der Waals surface area contributed by atoms with Crippen molar-refractivity contribution >= 4 is 0 Å². The van der Waals surface area contributed by atoms with Crippen LogP contribution in [0.5, 0.6) is 0 Å². The fourth-order valence-corrected chi connectivity index (χ4v) is 1.31. The Balaban J connectivity index is 2.18. The molecule has 0 aliphatic carbocycles. The molecule has 0 saturated carbocycles. The lowest BCUT2D eigenvalue weighted by Gasteiger charge is -2.04. The molecule has 3 heteroatoms. The van der Waals surface area contributed by atoms with E-state index in [0.29, 0.717) is 0 Å². The van der Waals surface area contributed by atoms with Crippen molar-refractivity contribution in [3.8, 4) is 0 Å². The number of hydrogen-bond donors (Lipinski definition) is 2. The van der Waals surface area contributed by atoms with Gasteiger partial charge in [-0.3, -0.25) is 4.98 Å². The first-order valence-electron chi connectivity index (χ1n) is 5.05. The maximum absolute atomic E-state index is 8.58. The highest BCUT2D eigenvalue weighted by molar-refractivity contribution is 5.16. The number of nitrogens with one attached hydrogen (secondary N) is 1. The van der Waals surface area contributed by atoms with Crippen molar-refractivity contribution in [2.75, 3.05) is 13.2 Å². The van der Waals surface area contributed by atoms with Gasteiger partial charge in [-0.25, -0.2) is 0 Å². The molecule has 14 heavy (non-hydrogen) atoms. The lowest BCUT2D eigenvalue weighted by atomic mass is 10.2. The number of aryl methyl sites for hydroxylation is 1. The quantitative estimate of drug-likeness (QED) is 0.670. The molecule has 0 aliphatic rings. The number of hydrogen-bond acceptors (Lipinski definition) is 3. The molecule has 0 spiro atoms. The van der Waals surface area contributed by atoms with Crippen LogP contribution in [0.1, 0.15) is 24.0 Å². The van der Waals surface area contributed by atoms with Crippen molar-refractivity contribution in [1.82, 2.24) is 10.3 Å². The number of unbranched alkanes of at least 4 members (excludes halogenated alkanes) is 1. The molecule has 0 saturated heterocycles. The predicted molar refractivity (Wildman–Crippen MR) is 57.0 cm³/mol. The summed E-state index contributed by atoms with van der Waals surface area (Å²) in [6.07, 6.45) is 5.64. The Hall–Kier alpha value is -0.930. The molecular weight excluding hydrogens is 176 g/mol. The Labute approximate surface area is 85.2 Å². The number of rotatable bonds is 6. The minimum absolute atomic E-state index is 0.285. The first-order chi connectivity index (χ1) is 6.83. The molecule has 0 bridgehead atoms. The van der Waals surface area contributed by atoms with Gasteiger partial charge in [-0.15, -0.1) is 0 Å². The fraction of sp³-hybridized carbons (Fsp3) is 0.545. The van der Waals surface area contributed by atoms with Crippen molar-refractivity contribution in [1.29, 1.82) is 0 Å². The van der Waals surface area contributed by atoms with Gasteiger partial charge in [0.25, 0.3) is 0 Å². The van der Waals surface area contributed by atoms with Gasteiger partial charge in [-0.05, 0) is 37.4 Å². The van der Waals surface area contributed by atoms with Crippen molar-refractivity contribution in [3.63, 3.8) is 0 Å². The van der Waals surface area contributed by atoms with E-state index >= 15 is 0 Å². The zero-order valence-corrected chi connectivity index (χ0v) is 8.66. The Morgan fingerprint density at radius 3 is 2.93 bits per heavy atom. The van der Waals surface area contributed by atoms with Crippen LogP contribution in [0, 0.1) is 6.92 Å². The monoisotopic (exact) mass is 194 g/mol. The van der Waals surface area contributed by atoms with Gasteiger partial charge in [0.15, 0.2) is 0 Å². The summed E-state index contributed by atoms with van der Waals surface area (Å²) in [6.45, 7) is 4.14. The summed E-state index contributed by atoms with van der Waals surface area (Å²) >= 11 is 0. The molecule has 1 aromatic heterocycles. The molecule has 0 atom stereocenters. The molecule has 0 aliphatic heterocycles. The molecular formula is C11H18N2O. The fourth-order valence-electron chi connectivity index (χ4n) is 1.31. The van der Waals surface area contributed by atoms with Gasteiger partial charge in [0.1, 0.15) is 0 Å². The third kappa shape index (κ3) is 4.35. The smallest absolute Gasteiger partial charge is 0.0431 e. The van der Waals surface area contributed by atoms with Crippen LogP contribution >= 0.6 is 0 Å². The number of aliphatic hydroxyl groups is 1. The standard InChI is InChI=1S/C11H18N2O/c1-10-6-11(9-13-7-10)8-12-4-2-3-5-14/h6-7,9,12,14H,2-5,8H2,1H3. The van der Waals surface area contributed by atoms with E-state index in [1.165, 1.54) is 11.1 Å². The molecule has 1 heterocycles. The minimum Gasteiger partial charge on any atom is -0.396 e. The van der Waals surface area contributed by atoms with Gasteiger partial charge < -0.3 is 10.4 Å². The highest BCUT2D eigenvalue weighted by Crippen LogP contribution is 2.00. The van der Waals surface area contributed by atoms with E-state index in [9.17, 15) is 0 Å². The van der Waals surface area contributed by atoms with Crippen LogP contribution in [0.15, 0.2) is 18.5 Å². The first-order valence-corrected chi connectivity index (χ1v) is 5.05. The van der Waals surface area contributed by atoms with E-state index in [4.69, 9.17) is 5.11 Å². The molecule has 0 fully saturated rings. The first kappa shape index (κ1) is 11.1. The maximum Gasteiger partial charge on any atom is 0.0431 e. The average molecular weight is 194 g/mol. The summed E-state index contributed by atoms with van der Waals surface area (Å²) in [5, 5.41) is 11.9. The van der Waals surface area contributed by atoms with Crippen LogP contribution in [0.2, 0.25) is 0 Å². The van der Waals surface area contributed by atoms with Gasteiger partial charge in [-0.2, -0.15) is 0 Å². The Morgan fingerprint density at radius 1 is 1.36 bits per heavy atom. The lowest BCUT2D eigenvalue weighted by molar-refractivity contribution is 0.283. The molecule has 0 aromatic carbocycles. The van der Waals surface area contributed by atoms with Gasteiger partial charge in [0.05, 0.1) is 0 Å². The van der Waals surface area contributed by atoms with Crippen LogP contribution in [-0.2, 0) is 6.54 Å². The van der Waals surface area contributed by atoms with Gasteiger partial charge in [-0.1, -0.05) is 6.07 Å². The van der Waals surface area contributed by atoms with Crippen LogP contribution < -0.4 is 5.32 Å². The molecule has 1 rings (SSSR count). The number of aromatic nitrogens is 1. The molecule has 0 radical (unpaired) electrons. The van der Waals surface area contributed by atoms with Crippen LogP contribution in [0.4, 0.5) is 0 Å². The summed E-state index contributed by atoms with van der Waals surface area (Å²) < 4.78 is 0. The maximum atomic E-state index is 8.58. The molecule has 0 amide bonds. The Morgan fingerprint density at radius 2 is 2.21 bits per heavy atom. The summed E-state index contributed by atoms with van der Waals surface area (Å²) in [7, 11) is 0. The van der Waals surface area contributed by atoms with E-state index in [1.807, 2.05) is 19.3 Å². The highest BCUT2D eigenvalue weighted by atomic mass is 16.2. The van der Waals surface area contributed by atoms with Crippen LogP contribution in [0.25, 0.3) is 0 Å².